The number of azide groups is 1. The van der Waals surface area contributed by atoms with Gasteiger partial charge in [-0.05, 0) is 17.2 Å². The second-order valence-electron chi connectivity index (χ2n) is 2.74. The minimum Gasteiger partial charge on any atom is -0.398 e. The Kier molecular flexibility index (Phi) is 3.78. The first-order valence-electron chi connectivity index (χ1n) is 4.25. The molecule has 0 aliphatic heterocycles. The summed E-state index contributed by atoms with van der Waals surface area (Å²) >= 11 is 0. The molecule has 0 amide bonds. The number of nitriles is 1. The fourth-order valence-corrected chi connectivity index (χ4v) is 1.12. The van der Waals surface area contributed by atoms with E-state index in [0.717, 1.165) is 5.56 Å². The second-order valence-corrected chi connectivity index (χ2v) is 2.74. The number of hydrogen-bond acceptors (Lipinski definition) is 3. The fourth-order valence-electron chi connectivity index (χ4n) is 1.12. The molecule has 0 saturated carbocycles. The number of nitrogen functional groups attached to an aromatic ring is 1. The van der Waals surface area contributed by atoms with Gasteiger partial charge in [0.2, 0.25) is 0 Å². The lowest BCUT2D eigenvalue weighted by Crippen LogP contribution is -1.92. The van der Waals surface area contributed by atoms with Gasteiger partial charge < -0.3 is 5.73 Å². The Morgan fingerprint density at radius 3 is 3.07 bits per heavy atom. The molecule has 0 aliphatic rings. The van der Waals surface area contributed by atoms with Crippen molar-refractivity contribution in [2.45, 2.75) is 0 Å². The van der Waals surface area contributed by atoms with Crippen LogP contribution in [0.5, 0.6) is 0 Å². The van der Waals surface area contributed by atoms with Crippen molar-refractivity contribution in [3.63, 3.8) is 0 Å². The summed E-state index contributed by atoms with van der Waals surface area (Å²) in [5.74, 6) is 0. The molecule has 1 aromatic carbocycles. The van der Waals surface area contributed by atoms with E-state index in [0.29, 0.717) is 11.3 Å². The first kappa shape index (κ1) is 10.6. The third-order valence-electron chi connectivity index (χ3n) is 1.79. The third-order valence-corrected chi connectivity index (χ3v) is 1.79. The molecule has 0 aromatic heterocycles. The smallest absolute Gasteiger partial charge is 0.102 e. The van der Waals surface area contributed by atoms with Crippen molar-refractivity contribution in [3.05, 3.63) is 45.8 Å². The molecule has 0 unspecified atom stereocenters. The molecule has 0 radical (unpaired) electrons. The van der Waals surface area contributed by atoms with Gasteiger partial charge in [-0.2, -0.15) is 5.26 Å². The van der Waals surface area contributed by atoms with E-state index in [4.69, 9.17) is 16.5 Å². The van der Waals surface area contributed by atoms with E-state index in [1.807, 2.05) is 6.07 Å². The maximum Gasteiger partial charge on any atom is 0.102 e. The molecule has 1 rings (SSSR count). The first-order valence-corrected chi connectivity index (χ1v) is 4.25. The van der Waals surface area contributed by atoms with Crippen LogP contribution in [0, 0.1) is 11.3 Å². The predicted molar refractivity (Wildman–Crippen MR) is 58.6 cm³/mol. The monoisotopic (exact) mass is 199 g/mol. The summed E-state index contributed by atoms with van der Waals surface area (Å²) in [6.45, 7) is 0.260. The summed E-state index contributed by atoms with van der Waals surface area (Å²) in [6.07, 6.45) is 3.39. The van der Waals surface area contributed by atoms with E-state index in [-0.39, 0.29) is 6.54 Å². The van der Waals surface area contributed by atoms with Gasteiger partial charge in [0.1, 0.15) is 6.07 Å². The summed E-state index contributed by atoms with van der Waals surface area (Å²) in [5, 5.41) is 12.2. The number of rotatable bonds is 3. The van der Waals surface area contributed by atoms with Crippen molar-refractivity contribution < 1.29 is 0 Å². The number of nitrogens with zero attached hydrogens (tertiary/aromatic N) is 4. The Morgan fingerprint density at radius 2 is 2.40 bits per heavy atom. The van der Waals surface area contributed by atoms with Gasteiger partial charge in [0.05, 0.1) is 11.3 Å². The van der Waals surface area contributed by atoms with Crippen molar-refractivity contribution in [1.82, 2.24) is 0 Å². The highest BCUT2D eigenvalue weighted by atomic mass is 15.1. The zero-order valence-corrected chi connectivity index (χ0v) is 7.96. The lowest BCUT2D eigenvalue weighted by atomic mass is 10.1. The zero-order chi connectivity index (χ0) is 11.1. The normalized spacial score (nSPS) is 9.53. The summed E-state index contributed by atoms with van der Waals surface area (Å²) in [6, 6.07) is 7.24. The highest BCUT2D eigenvalue weighted by Crippen LogP contribution is 2.16. The lowest BCUT2D eigenvalue weighted by molar-refractivity contribution is 1.22. The Hall–Kier alpha value is -2.44. The Morgan fingerprint density at radius 1 is 1.60 bits per heavy atom. The van der Waals surface area contributed by atoms with Crippen molar-refractivity contribution in [2.75, 3.05) is 12.3 Å². The minimum atomic E-state index is 0.260. The molecule has 1 aromatic rings. The highest BCUT2D eigenvalue weighted by molar-refractivity contribution is 5.67. The molecule has 0 aliphatic carbocycles. The molecule has 5 nitrogen and oxygen atoms in total. The van der Waals surface area contributed by atoms with Crippen LogP contribution in [0.1, 0.15) is 11.1 Å². The Balaban J connectivity index is 2.95. The van der Waals surface area contributed by atoms with Crippen LogP contribution in [0.25, 0.3) is 16.5 Å². The quantitative estimate of drug-likeness (QED) is 0.350. The summed E-state index contributed by atoms with van der Waals surface area (Å²) in [7, 11) is 0. The van der Waals surface area contributed by atoms with E-state index < -0.39 is 0 Å². The van der Waals surface area contributed by atoms with Crippen LogP contribution in [0.4, 0.5) is 5.69 Å². The van der Waals surface area contributed by atoms with Crippen LogP contribution >= 0.6 is 0 Å². The molecule has 0 fully saturated rings. The minimum absolute atomic E-state index is 0.260. The molecular weight excluding hydrogens is 190 g/mol. The average molecular weight is 199 g/mol. The van der Waals surface area contributed by atoms with Crippen molar-refractivity contribution >= 4 is 11.8 Å². The van der Waals surface area contributed by atoms with Crippen LogP contribution in [-0.4, -0.2) is 6.54 Å². The molecule has 2 N–H and O–H groups in total. The average Bonchev–Trinajstić information content (AvgIpc) is 2.24. The van der Waals surface area contributed by atoms with Crippen LogP contribution in [0.15, 0.2) is 29.4 Å². The van der Waals surface area contributed by atoms with E-state index in [2.05, 4.69) is 10.0 Å². The van der Waals surface area contributed by atoms with E-state index in [1.165, 1.54) is 0 Å². The van der Waals surface area contributed by atoms with Gasteiger partial charge in [0.15, 0.2) is 0 Å². The molecule has 0 heterocycles. The van der Waals surface area contributed by atoms with Gasteiger partial charge in [0, 0.05) is 11.5 Å². The second kappa shape index (κ2) is 5.32. The molecule has 15 heavy (non-hydrogen) atoms. The molecular formula is C10H9N5. The Bertz CT molecular complexity index is 463. The largest absolute Gasteiger partial charge is 0.398 e. The molecule has 5 heteroatoms. The molecule has 0 atom stereocenters. The SMILES string of the molecule is N#Cc1c(N)cccc1C=CCN=[N+]=[N-]. The number of anilines is 1. The predicted octanol–water partition coefficient (Wildman–Crippen LogP) is 2.46. The van der Waals surface area contributed by atoms with Crippen molar-refractivity contribution in [1.29, 1.82) is 5.26 Å². The van der Waals surface area contributed by atoms with Gasteiger partial charge in [-0.25, -0.2) is 0 Å². The maximum atomic E-state index is 8.86. The van der Waals surface area contributed by atoms with Crippen LogP contribution in [0.3, 0.4) is 0 Å². The third kappa shape index (κ3) is 2.76. The number of nitrogens with two attached hydrogens (primary N) is 1. The molecule has 0 spiro atoms. The topological polar surface area (TPSA) is 98.6 Å². The number of hydrogen-bond donors (Lipinski definition) is 1. The van der Waals surface area contributed by atoms with Crippen molar-refractivity contribution in [2.24, 2.45) is 5.11 Å². The first-order chi connectivity index (χ1) is 7.29. The zero-order valence-electron chi connectivity index (χ0n) is 7.96. The van der Waals surface area contributed by atoms with Gasteiger partial charge in [0.25, 0.3) is 0 Å². The van der Waals surface area contributed by atoms with Crippen molar-refractivity contribution in [3.8, 4) is 6.07 Å². The van der Waals surface area contributed by atoms with Crippen LogP contribution in [-0.2, 0) is 0 Å². The van der Waals surface area contributed by atoms with Crippen LogP contribution < -0.4 is 5.73 Å². The number of benzene rings is 1. The van der Waals surface area contributed by atoms with Gasteiger partial charge in [-0.3, -0.25) is 0 Å². The molecule has 0 saturated heterocycles. The lowest BCUT2D eigenvalue weighted by Gasteiger charge is -2.00. The summed E-state index contributed by atoms with van der Waals surface area (Å²) in [5.41, 5.74) is 15.3. The summed E-state index contributed by atoms with van der Waals surface area (Å²) in [4.78, 5) is 2.61. The van der Waals surface area contributed by atoms with Gasteiger partial charge >= 0.3 is 0 Å². The standard InChI is InChI=1S/C10H9N5/c11-7-9-8(3-1-5-10(9)12)4-2-6-14-15-13/h1-5H,6,12H2. The summed E-state index contributed by atoms with van der Waals surface area (Å²) < 4.78 is 0. The maximum absolute atomic E-state index is 8.86. The van der Waals surface area contributed by atoms with E-state index in [9.17, 15) is 0 Å². The van der Waals surface area contributed by atoms with E-state index in [1.54, 1.807) is 30.4 Å². The van der Waals surface area contributed by atoms with E-state index >= 15 is 0 Å². The Labute approximate surface area is 87.1 Å². The highest BCUT2D eigenvalue weighted by Gasteiger charge is 2.01. The molecule has 0 bridgehead atoms. The van der Waals surface area contributed by atoms with Crippen LogP contribution in [0.2, 0.25) is 0 Å². The fraction of sp³-hybridized carbons (Fsp3) is 0.100. The van der Waals surface area contributed by atoms with Gasteiger partial charge in [-0.1, -0.05) is 29.4 Å². The van der Waals surface area contributed by atoms with Gasteiger partial charge in [-0.15, -0.1) is 0 Å². The molecule has 74 valence electrons.